The van der Waals surface area contributed by atoms with Gasteiger partial charge in [-0.1, -0.05) is 12.1 Å². The highest BCUT2D eigenvalue weighted by molar-refractivity contribution is 5.06. The topological polar surface area (TPSA) is 62.4 Å². The van der Waals surface area contributed by atoms with Crippen molar-refractivity contribution in [3.63, 3.8) is 0 Å². The third-order valence-electron chi connectivity index (χ3n) is 4.86. The van der Waals surface area contributed by atoms with Gasteiger partial charge in [0.25, 0.3) is 0 Å². The molecular weight excluding hydrogens is 242 g/mol. The molecule has 1 N–H and O–H groups in total. The Bertz CT molecular complexity index is 438. The second-order valence-electron chi connectivity index (χ2n) is 6.31. The Morgan fingerprint density at radius 3 is 2.58 bits per heavy atom. The van der Waals surface area contributed by atoms with Crippen molar-refractivity contribution in [2.24, 2.45) is 0 Å². The van der Waals surface area contributed by atoms with Crippen LogP contribution in [0.4, 0.5) is 0 Å². The smallest absolute Gasteiger partial charge is 0.232 e. The van der Waals surface area contributed by atoms with Crippen molar-refractivity contribution < 1.29 is 9.63 Å². The van der Waals surface area contributed by atoms with Gasteiger partial charge >= 0.3 is 0 Å². The minimum atomic E-state index is -0.130. The molecule has 0 radical (unpaired) electrons. The van der Waals surface area contributed by atoms with Crippen LogP contribution in [-0.4, -0.2) is 45.4 Å². The van der Waals surface area contributed by atoms with E-state index in [0.717, 1.165) is 51.1 Å². The molecule has 0 aromatic carbocycles. The van der Waals surface area contributed by atoms with Crippen molar-refractivity contribution in [2.45, 2.75) is 63.5 Å². The fourth-order valence-electron chi connectivity index (χ4n) is 3.45. The largest absolute Gasteiger partial charge is 0.391 e. The molecule has 3 rings (SSSR count). The van der Waals surface area contributed by atoms with Gasteiger partial charge in [0.05, 0.1) is 6.10 Å². The molecule has 1 aliphatic heterocycles. The van der Waals surface area contributed by atoms with Crippen LogP contribution in [0, 0.1) is 6.92 Å². The summed E-state index contributed by atoms with van der Waals surface area (Å²) in [7, 11) is 0. The molecule has 2 atom stereocenters. The lowest BCUT2D eigenvalue weighted by Gasteiger charge is -2.40. The zero-order valence-corrected chi connectivity index (χ0v) is 11.8. The van der Waals surface area contributed by atoms with Crippen molar-refractivity contribution >= 4 is 0 Å². The van der Waals surface area contributed by atoms with Crippen LogP contribution in [0.25, 0.3) is 0 Å². The van der Waals surface area contributed by atoms with Crippen LogP contribution in [0.5, 0.6) is 0 Å². The second-order valence-corrected chi connectivity index (χ2v) is 6.31. The van der Waals surface area contributed by atoms with Crippen LogP contribution in [0.1, 0.15) is 50.7 Å². The van der Waals surface area contributed by atoms with Crippen LogP contribution in [-0.2, 0) is 5.41 Å². The number of nitrogens with zero attached hydrogens (tertiary/aromatic N) is 3. The number of hydrogen-bond donors (Lipinski definition) is 1. The lowest BCUT2D eigenvalue weighted by molar-refractivity contribution is 0.0389. The van der Waals surface area contributed by atoms with E-state index < -0.39 is 0 Å². The number of rotatable bonds is 2. The Hall–Kier alpha value is -0.940. The molecule has 1 aromatic heterocycles. The van der Waals surface area contributed by atoms with E-state index in [0.29, 0.717) is 11.9 Å². The summed E-state index contributed by atoms with van der Waals surface area (Å²) in [6.45, 7) is 6.10. The molecule has 5 heteroatoms. The summed E-state index contributed by atoms with van der Waals surface area (Å²) in [5.41, 5.74) is 0.00131. The minimum absolute atomic E-state index is 0.00131. The van der Waals surface area contributed by atoms with E-state index in [4.69, 9.17) is 4.52 Å². The Morgan fingerprint density at radius 2 is 2.05 bits per heavy atom. The zero-order chi connectivity index (χ0) is 13.5. The first-order valence-corrected chi connectivity index (χ1v) is 7.31. The third kappa shape index (κ3) is 2.41. The first kappa shape index (κ1) is 13.1. The molecule has 1 saturated carbocycles. The summed E-state index contributed by atoms with van der Waals surface area (Å²) >= 11 is 0. The average Bonchev–Trinajstić information content (AvgIpc) is 3.00. The van der Waals surface area contributed by atoms with Crippen molar-refractivity contribution in [1.82, 2.24) is 15.0 Å². The van der Waals surface area contributed by atoms with E-state index in [9.17, 15) is 5.11 Å². The molecule has 1 aliphatic carbocycles. The maximum atomic E-state index is 10.0. The molecule has 2 fully saturated rings. The van der Waals surface area contributed by atoms with Crippen LogP contribution in [0.15, 0.2) is 4.52 Å². The Kier molecular flexibility index (Phi) is 3.35. The fourth-order valence-corrected chi connectivity index (χ4v) is 3.45. The highest BCUT2D eigenvalue weighted by Crippen LogP contribution is 2.36. The summed E-state index contributed by atoms with van der Waals surface area (Å²) in [6.07, 6.45) is 5.17. The SMILES string of the molecule is Cc1noc(C2(C)CCN(C3CCCC3O)CC2)n1. The lowest BCUT2D eigenvalue weighted by Crippen LogP contribution is -2.48. The second kappa shape index (κ2) is 4.87. The summed E-state index contributed by atoms with van der Waals surface area (Å²) in [5.74, 6) is 1.49. The maximum absolute atomic E-state index is 10.0. The number of piperidine rings is 1. The zero-order valence-electron chi connectivity index (χ0n) is 11.8. The summed E-state index contributed by atoms with van der Waals surface area (Å²) in [4.78, 5) is 6.85. The molecule has 0 spiro atoms. The number of aromatic nitrogens is 2. The third-order valence-corrected chi connectivity index (χ3v) is 4.86. The molecule has 2 unspecified atom stereocenters. The Labute approximate surface area is 114 Å². The van der Waals surface area contributed by atoms with E-state index in [-0.39, 0.29) is 11.5 Å². The lowest BCUT2D eigenvalue weighted by atomic mass is 9.79. The van der Waals surface area contributed by atoms with Crippen LogP contribution < -0.4 is 0 Å². The van der Waals surface area contributed by atoms with E-state index >= 15 is 0 Å². The molecule has 0 bridgehead atoms. The Balaban J connectivity index is 1.65. The normalized spacial score (nSPS) is 31.7. The number of likely N-dealkylation sites (tertiary alicyclic amines) is 1. The quantitative estimate of drug-likeness (QED) is 0.881. The predicted molar refractivity (Wildman–Crippen MR) is 70.8 cm³/mol. The van der Waals surface area contributed by atoms with Gasteiger partial charge in [0.1, 0.15) is 0 Å². The first-order chi connectivity index (χ1) is 9.08. The molecule has 5 nitrogen and oxygen atoms in total. The molecule has 106 valence electrons. The van der Waals surface area contributed by atoms with Gasteiger partial charge in [-0.25, -0.2) is 0 Å². The van der Waals surface area contributed by atoms with E-state index in [1.807, 2.05) is 6.92 Å². The summed E-state index contributed by atoms with van der Waals surface area (Å²) in [6, 6.07) is 0.369. The van der Waals surface area contributed by atoms with Crippen molar-refractivity contribution in [1.29, 1.82) is 0 Å². The van der Waals surface area contributed by atoms with Gasteiger partial charge in [-0.2, -0.15) is 4.98 Å². The van der Waals surface area contributed by atoms with Crippen LogP contribution >= 0.6 is 0 Å². The molecule has 0 amide bonds. The number of hydrogen-bond acceptors (Lipinski definition) is 5. The molecule has 2 heterocycles. The van der Waals surface area contributed by atoms with E-state index in [2.05, 4.69) is 22.0 Å². The van der Waals surface area contributed by atoms with Gasteiger partial charge in [-0.05, 0) is 52.1 Å². The highest BCUT2D eigenvalue weighted by Gasteiger charge is 2.40. The summed E-state index contributed by atoms with van der Waals surface area (Å²) < 4.78 is 5.36. The number of aliphatic hydroxyl groups excluding tert-OH is 1. The predicted octanol–water partition coefficient (Wildman–Crippen LogP) is 1.64. The molecule has 19 heavy (non-hydrogen) atoms. The summed E-state index contributed by atoms with van der Waals surface area (Å²) in [5, 5.41) is 13.9. The maximum Gasteiger partial charge on any atom is 0.232 e. The van der Waals surface area contributed by atoms with Crippen molar-refractivity contribution in [3.8, 4) is 0 Å². The van der Waals surface area contributed by atoms with Crippen molar-refractivity contribution in [2.75, 3.05) is 13.1 Å². The van der Waals surface area contributed by atoms with Crippen LogP contribution in [0.3, 0.4) is 0 Å². The fraction of sp³-hybridized carbons (Fsp3) is 0.857. The van der Waals surface area contributed by atoms with Gasteiger partial charge in [0.2, 0.25) is 5.89 Å². The standard InChI is InChI=1S/C14H23N3O2/c1-10-15-13(19-16-10)14(2)6-8-17(9-7-14)11-4-3-5-12(11)18/h11-12,18H,3-9H2,1-2H3. The van der Waals surface area contributed by atoms with Crippen molar-refractivity contribution in [3.05, 3.63) is 11.7 Å². The monoisotopic (exact) mass is 265 g/mol. The van der Waals surface area contributed by atoms with Gasteiger partial charge in [0, 0.05) is 11.5 Å². The molecule has 1 aromatic rings. The molecule has 2 aliphatic rings. The van der Waals surface area contributed by atoms with Gasteiger partial charge in [0.15, 0.2) is 5.82 Å². The van der Waals surface area contributed by atoms with Gasteiger partial charge < -0.3 is 9.63 Å². The molecule has 1 saturated heterocycles. The molecular formula is C14H23N3O2. The van der Waals surface area contributed by atoms with E-state index in [1.54, 1.807) is 0 Å². The first-order valence-electron chi connectivity index (χ1n) is 7.31. The Morgan fingerprint density at radius 1 is 1.32 bits per heavy atom. The van der Waals surface area contributed by atoms with Crippen LogP contribution in [0.2, 0.25) is 0 Å². The minimum Gasteiger partial charge on any atom is -0.391 e. The average molecular weight is 265 g/mol. The van der Waals surface area contributed by atoms with E-state index in [1.165, 1.54) is 0 Å². The van der Waals surface area contributed by atoms with Gasteiger partial charge in [-0.15, -0.1) is 0 Å². The number of aliphatic hydroxyl groups is 1. The number of aryl methyl sites for hydroxylation is 1. The highest BCUT2D eigenvalue weighted by atomic mass is 16.5. The van der Waals surface area contributed by atoms with Gasteiger partial charge in [-0.3, -0.25) is 4.90 Å².